The average molecular weight is 414 g/mol. The summed E-state index contributed by atoms with van der Waals surface area (Å²) in [5.41, 5.74) is 2.45. The SMILES string of the molecule is CC(C(=O)N1CCN(S(=O)(=O)c2ccc3c(c2)CCC3)CC1)C1CNC1.Cl. The number of aryl methyl sites for hydroxylation is 2. The molecule has 2 aliphatic heterocycles. The molecule has 0 aromatic heterocycles. The molecule has 1 amide bonds. The van der Waals surface area contributed by atoms with Gasteiger partial charge in [0.25, 0.3) is 0 Å². The highest BCUT2D eigenvalue weighted by Crippen LogP contribution is 2.27. The summed E-state index contributed by atoms with van der Waals surface area (Å²) in [7, 11) is -3.48. The number of carbonyl (C=O) groups is 1. The summed E-state index contributed by atoms with van der Waals surface area (Å²) in [6.45, 7) is 5.50. The number of sulfonamides is 1. The standard InChI is InChI=1S/C19H27N3O3S.ClH/c1-14(17-12-20-13-17)19(23)21-7-9-22(10-8-21)26(24,25)18-6-5-15-3-2-4-16(15)11-18;/h5-6,11,14,17,20H,2-4,7-10,12-13H2,1H3;1H. The Labute approximate surface area is 167 Å². The van der Waals surface area contributed by atoms with Crippen LogP contribution in [0.25, 0.3) is 0 Å². The Morgan fingerprint density at radius 1 is 1.11 bits per heavy atom. The van der Waals surface area contributed by atoms with Crippen molar-refractivity contribution in [2.75, 3.05) is 39.3 Å². The zero-order valence-electron chi connectivity index (χ0n) is 15.7. The highest BCUT2D eigenvalue weighted by Gasteiger charge is 2.35. The molecule has 6 nitrogen and oxygen atoms in total. The first-order chi connectivity index (χ1) is 12.5. The minimum absolute atomic E-state index is 0. The third-order valence-electron chi connectivity index (χ3n) is 6.17. The minimum Gasteiger partial charge on any atom is -0.340 e. The van der Waals surface area contributed by atoms with Gasteiger partial charge in [0.15, 0.2) is 0 Å². The molecule has 150 valence electrons. The first-order valence-corrected chi connectivity index (χ1v) is 11.0. The molecule has 1 aromatic rings. The second-order valence-electron chi connectivity index (χ2n) is 7.72. The number of carbonyl (C=O) groups excluding carboxylic acids is 1. The van der Waals surface area contributed by atoms with Gasteiger partial charge in [-0.05, 0) is 61.5 Å². The van der Waals surface area contributed by atoms with E-state index in [1.807, 2.05) is 24.0 Å². The van der Waals surface area contributed by atoms with Crippen molar-refractivity contribution in [3.63, 3.8) is 0 Å². The van der Waals surface area contributed by atoms with Gasteiger partial charge < -0.3 is 10.2 Å². The second-order valence-corrected chi connectivity index (χ2v) is 9.66. The molecule has 2 saturated heterocycles. The highest BCUT2D eigenvalue weighted by atomic mass is 35.5. The lowest BCUT2D eigenvalue weighted by Gasteiger charge is -2.38. The fourth-order valence-electron chi connectivity index (χ4n) is 4.16. The number of piperazine rings is 1. The molecule has 1 aliphatic carbocycles. The number of fused-ring (bicyclic) bond motifs is 1. The number of benzene rings is 1. The number of nitrogens with zero attached hydrogens (tertiary/aromatic N) is 2. The molecular weight excluding hydrogens is 386 g/mol. The number of amides is 1. The van der Waals surface area contributed by atoms with Gasteiger partial charge in [0.2, 0.25) is 15.9 Å². The Kier molecular flexibility index (Phi) is 6.15. The Morgan fingerprint density at radius 3 is 2.41 bits per heavy atom. The number of halogens is 1. The number of hydrogen-bond donors (Lipinski definition) is 1. The van der Waals surface area contributed by atoms with Crippen LogP contribution in [-0.4, -0.2) is 62.8 Å². The lowest BCUT2D eigenvalue weighted by molar-refractivity contribution is -0.138. The van der Waals surface area contributed by atoms with Gasteiger partial charge in [-0.1, -0.05) is 13.0 Å². The lowest BCUT2D eigenvalue weighted by Crippen LogP contribution is -2.55. The maximum Gasteiger partial charge on any atom is 0.243 e. The summed E-state index contributed by atoms with van der Waals surface area (Å²) >= 11 is 0. The van der Waals surface area contributed by atoms with Crippen LogP contribution in [0.4, 0.5) is 0 Å². The van der Waals surface area contributed by atoms with Crippen LogP contribution in [0.15, 0.2) is 23.1 Å². The van der Waals surface area contributed by atoms with Gasteiger partial charge in [-0.25, -0.2) is 8.42 Å². The lowest BCUT2D eigenvalue weighted by atomic mass is 9.88. The molecule has 0 spiro atoms. The van der Waals surface area contributed by atoms with Crippen LogP contribution in [-0.2, 0) is 27.7 Å². The van der Waals surface area contributed by atoms with Gasteiger partial charge in [-0.15, -0.1) is 12.4 Å². The van der Waals surface area contributed by atoms with Crippen LogP contribution in [0.3, 0.4) is 0 Å². The zero-order chi connectivity index (χ0) is 18.3. The third-order valence-corrected chi connectivity index (χ3v) is 8.06. The maximum atomic E-state index is 13.0. The Bertz CT molecular complexity index is 802. The van der Waals surface area contributed by atoms with Crippen molar-refractivity contribution >= 4 is 28.3 Å². The molecule has 4 rings (SSSR count). The van der Waals surface area contributed by atoms with Crippen LogP contribution in [0.5, 0.6) is 0 Å². The van der Waals surface area contributed by atoms with Gasteiger partial charge in [0.05, 0.1) is 4.90 Å². The van der Waals surface area contributed by atoms with Gasteiger partial charge in [0, 0.05) is 32.1 Å². The normalized spacial score (nSPS) is 21.9. The number of hydrogen-bond acceptors (Lipinski definition) is 4. The highest BCUT2D eigenvalue weighted by molar-refractivity contribution is 7.89. The van der Waals surface area contributed by atoms with Crippen LogP contribution in [0.1, 0.15) is 24.5 Å². The van der Waals surface area contributed by atoms with Gasteiger partial charge in [-0.2, -0.15) is 4.31 Å². The fraction of sp³-hybridized carbons (Fsp3) is 0.632. The Hall–Kier alpha value is -1.15. The third kappa shape index (κ3) is 3.88. The van der Waals surface area contributed by atoms with Crippen molar-refractivity contribution in [2.45, 2.75) is 31.1 Å². The molecular formula is C19H28ClN3O3S. The predicted octanol–water partition coefficient (Wildman–Crippen LogP) is 1.29. The molecule has 2 heterocycles. The van der Waals surface area contributed by atoms with Gasteiger partial charge in [0.1, 0.15) is 0 Å². The summed E-state index contributed by atoms with van der Waals surface area (Å²) in [5.74, 6) is 0.581. The quantitative estimate of drug-likeness (QED) is 0.807. The molecule has 3 aliphatic rings. The first-order valence-electron chi connectivity index (χ1n) is 9.58. The fourth-order valence-corrected chi connectivity index (χ4v) is 5.63. The predicted molar refractivity (Wildman–Crippen MR) is 107 cm³/mol. The summed E-state index contributed by atoms with van der Waals surface area (Å²) in [5, 5.41) is 3.20. The molecule has 1 N–H and O–H groups in total. The van der Waals surface area contributed by atoms with Crippen molar-refractivity contribution in [2.24, 2.45) is 11.8 Å². The molecule has 1 atom stereocenters. The Morgan fingerprint density at radius 2 is 1.78 bits per heavy atom. The van der Waals surface area contributed by atoms with Gasteiger partial charge in [-0.3, -0.25) is 4.79 Å². The molecule has 8 heteroatoms. The second kappa shape index (κ2) is 8.07. The van der Waals surface area contributed by atoms with E-state index in [0.717, 1.165) is 32.4 Å². The minimum atomic E-state index is -3.48. The summed E-state index contributed by atoms with van der Waals surface area (Å²) in [6, 6.07) is 5.55. The topological polar surface area (TPSA) is 69.7 Å². The molecule has 0 bridgehead atoms. The number of rotatable bonds is 4. The molecule has 27 heavy (non-hydrogen) atoms. The van der Waals surface area contributed by atoms with Gasteiger partial charge >= 0.3 is 0 Å². The van der Waals surface area contributed by atoms with E-state index < -0.39 is 10.0 Å². The van der Waals surface area contributed by atoms with Crippen LogP contribution in [0.2, 0.25) is 0 Å². The van der Waals surface area contributed by atoms with E-state index in [0.29, 0.717) is 37.0 Å². The summed E-state index contributed by atoms with van der Waals surface area (Å²) in [6.07, 6.45) is 3.12. The van der Waals surface area contributed by atoms with E-state index in [9.17, 15) is 13.2 Å². The van der Waals surface area contributed by atoms with E-state index >= 15 is 0 Å². The van der Waals surface area contributed by atoms with Crippen molar-refractivity contribution < 1.29 is 13.2 Å². The average Bonchev–Trinajstić information content (AvgIpc) is 3.07. The van der Waals surface area contributed by atoms with Crippen LogP contribution in [0, 0.1) is 11.8 Å². The van der Waals surface area contributed by atoms with E-state index in [2.05, 4.69) is 5.32 Å². The van der Waals surface area contributed by atoms with Crippen LogP contribution >= 0.6 is 12.4 Å². The summed E-state index contributed by atoms with van der Waals surface area (Å²) in [4.78, 5) is 14.8. The van der Waals surface area contributed by atoms with Crippen LogP contribution < -0.4 is 5.32 Å². The first kappa shape index (κ1) is 20.6. The van der Waals surface area contributed by atoms with Crippen molar-refractivity contribution in [1.82, 2.24) is 14.5 Å². The number of nitrogens with one attached hydrogen (secondary N) is 1. The van der Waals surface area contributed by atoms with E-state index in [1.54, 1.807) is 6.07 Å². The van der Waals surface area contributed by atoms with E-state index in [4.69, 9.17) is 0 Å². The molecule has 1 aromatic carbocycles. The van der Waals surface area contributed by atoms with E-state index in [1.165, 1.54) is 15.4 Å². The molecule has 2 fully saturated rings. The van der Waals surface area contributed by atoms with Crippen molar-refractivity contribution in [3.8, 4) is 0 Å². The largest absolute Gasteiger partial charge is 0.340 e. The Balaban J connectivity index is 0.00000210. The smallest absolute Gasteiger partial charge is 0.243 e. The van der Waals surface area contributed by atoms with Crippen molar-refractivity contribution in [3.05, 3.63) is 29.3 Å². The zero-order valence-corrected chi connectivity index (χ0v) is 17.3. The summed E-state index contributed by atoms with van der Waals surface area (Å²) < 4.78 is 27.5. The maximum absolute atomic E-state index is 13.0. The molecule has 0 radical (unpaired) electrons. The van der Waals surface area contributed by atoms with E-state index in [-0.39, 0.29) is 24.2 Å². The van der Waals surface area contributed by atoms with Crippen molar-refractivity contribution in [1.29, 1.82) is 0 Å². The monoisotopic (exact) mass is 413 g/mol. The molecule has 0 saturated carbocycles. The molecule has 1 unspecified atom stereocenters.